The van der Waals surface area contributed by atoms with Crippen molar-refractivity contribution in [2.24, 2.45) is 0 Å². The highest BCUT2D eigenvalue weighted by Crippen LogP contribution is 2.23. The van der Waals surface area contributed by atoms with Crippen LogP contribution in [0.5, 0.6) is 5.75 Å². The summed E-state index contributed by atoms with van der Waals surface area (Å²) in [7, 11) is 1.82. The molecular weight excluding hydrogens is 280 g/mol. The van der Waals surface area contributed by atoms with Crippen molar-refractivity contribution in [3.63, 3.8) is 0 Å². The summed E-state index contributed by atoms with van der Waals surface area (Å²) in [5.74, 6) is -0.802. The standard InChI is InChI=1S/C17H18N2O3/c1-10-8-13(18-3)5-7-15(10)19-17(22)14-6-4-12(11(2)20)9-16(14)21/h4-9,18,21H,1-3H3,(H,19,22). The third kappa shape index (κ3) is 3.25. The molecule has 0 atom stereocenters. The largest absolute Gasteiger partial charge is 0.507 e. The highest BCUT2D eigenvalue weighted by atomic mass is 16.3. The lowest BCUT2D eigenvalue weighted by molar-refractivity contribution is 0.100. The van der Waals surface area contributed by atoms with Crippen molar-refractivity contribution < 1.29 is 14.7 Å². The van der Waals surface area contributed by atoms with Gasteiger partial charge in [-0.15, -0.1) is 0 Å². The maximum atomic E-state index is 12.3. The molecule has 22 heavy (non-hydrogen) atoms. The van der Waals surface area contributed by atoms with Crippen molar-refractivity contribution in [2.45, 2.75) is 13.8 Å². The van der Waals surface area contributed by atoms with Gasteiger partial charge < -0.3 is 15.7 Å². The number of rotatable bonds is 4. The second-order valence-electron chi connectivity index (χ2n) is 5.02. The van der Waals surface area contributed by atoms with Gasteiger partial charge in [-0.1, -0.05) is 6.07 Å². The molecule has 0 saturated heterocycles. The Morgan fingerprint density at radius 3 is 2.36 bits per heavy atom. The number of carbonyl (C=O) groups excluding carboxylic acids is 2. The Balaban J connectivity index is 2.24. The zero-order valence-corrected chi connectivity index (χ0v) is 12.7. The number of aromatic hydroxyl groups is 1. The topological polar surface area (TPSA) is 78.4 Å². The summed E-state index contributed by atoms with van der Waals surface area (Å²) in [4.78, 5) is 23.5. The zero-order chi connectivity index (χ0) is 16.3. The Kier molecular flexibility index (Phi) is 4.46. The monoisotopic (exact) mass is 298 g/mol. The smallest absolute Gasteiger partial charge is 0.259 e. The van der Waals surface area contributed by atoms with Crippen LogP contribution < -0.4 is 10.6 Å². The second kappa shape index (κ2) is 6.30. The van der Waals surface area contributed by atoms with E-state index >= 15 is 0 Å². The zero-order valence-electron chi connectivity index (χ0n) is 12.7. The number of carbonyl (C=O) groups is 2. The first-order chi connectivity index (χ1) is 10.4. The van der Waals surface area contributed by atoms with E-state index in [1.807, 2.05) is 26.1 Å². The van der Waals surface area contributed by atoms with Gasteiger partial charge in [-0.05, 0) is 49.7 Å². The van der Waals surface area contributed by atoms with Gasteiger partial charge in [-0.3, -0.25) is 9.59 Å². The fourth-order valence-electron chi connectivity index (χ4n) is 2.09. The van der Waals surface area contributed by atoms with Crippen molar-refractivity contribution in [1.29, 1.82) is 0 Å². The number of hydrogen-bond donors (Lipinski definition) is 3. The average Bonchev–Trinajstić information content (AvgIpc) is 2.48. The molecule has 0 fully saturated rings. The van der Waals surface area contributed by atoms with Gasteiger partial charge in [0.15, 0.2) is 5.78 Å². The Labute approximate surface area is 129 Å². The molecule has 0 spiro atoms. The molecule has 2 aromatic carbocycles. The van der Waals surface area contributed by atoms with E-state index in [1.54, 1.807) is 6.07 Å². The van der Waals surface area contributed by atoms with E-state index in [0.29, 0.717) is 11.3 Å². The molecule has 0 radical (unpaired) electrons. The van der Waals surface area contributed by atoms with Gasteiger partial charge in [0.1, 0.15) is 5.75 Å². The molecule has 2 aromatic rings. The van der Waals surface area contributed by atoms with E-state index in [9.17, 15) is 14.7 Å². The summed E-state index contributed by atoms with van der Waals surface area (Å²) < 4.78 is 0. The number of benzene rings is 2. The minimum absolute atomic E-state index is 0.127. The minimum Gasteiger partial charge on any atom is -0.507 e. The SMILES string of the molecule is CNc1ccc(NC(=O)c2ccc(C(C)=O)cc2O)c(C)c1. The van der Waals surface area contributed by atoms with Crippen molar-refractivity contribution >= 4 is 23.1 Å². The molecule has 2 rings (SSSR count). The predicted octanol–water partition coefficient (Wildman–Crippen LogP) is 3.20. The molecule has 114 valence electrons. The number of amides is 1. The molecule has 0 aliphatic rings. The summed E-state index contributed by atoms with van der Waals surface area (Å²) in [6.45, 7) is 3.29. The number of hydrogen-bond acceptors (Lipinski definition) is 4. The van der Waals surface area contributed by atoms with Crippen molar-refractivity contribution in [2.75, 3.05) is 17.7 Å². The van der Waals surface area contributed by atoms with Crippen LogP contribution >= 0.6 is 0 Å². The number of ketones is 1. The Morgan fingerprint density at radius 2 is 1.82 bits per heavy atom. The van der Waals surface area contributed by atoms with Crippen LogP contribution in [0.15, 0.2) is 36.4 Å². The van der Waals surface area contributed by atoms with Crippen LogP contribution in [0.3, 0.4) is 0 Å². The number of aryl methyl sites for hydroxylation is 1. The van der Waals surface area contributed by atoms with Gasteiger partial charge in [0.2, 0.25) is 0 Å². The van der Waals surface area contributed by atoms with E-state index in [2.05, 4.69) is 10.6 Å². The summed E-state index contributed by atoms with van der Waals surface area (Å²) in [5.41, 5.74) is 3.01. The first-order valence-electron chi connectivity index (χ1n) is 6.86. The maximum absolute atomic E-state index is 12.3. The first kappa shape index (κ1) is 15.6. The second-order valence-corrected chi connectivity index (χ2v) is 5.02. The number of Topliss-reactive ketones (excluding diaryl/α,β-unsaturated/α-hetero) is 1. The Hall–Kier alpha value is -2.82. The normalized spacial score (nSPS) is 10.1. The van der Waals surface area contributed by atoms with E-state index in [-0.39, 0.29) is 17.1 Å². The molecule has 3 N–H and O–H groups in total. The molecule has 0 heterocycles. The van der Waals surface area contributed by atoms with Gasteiger partial charge in [0.05, 0.1) is 5.56 Å². The molecule has 0 unspecified atom stereocenters. The average molecular weight is 298 g/mol. The van der Waals surface area contributed by atoms with Crippen LogP contribution in [0.1, 0.15) is 33.2 Å². The predicted molar refractivity (Wildman–Crippen MR) is 86.8 cm³/mol. The first-order valence-corrected chi connectivity index (χ1v) is 6.86. The van der Waals surface area contributed by atoms with Gasteiger partial charge in [0.25, 0.3) is 5.91 Å². The van der Waals surface area contributed by atoms with Crippen LogP contribution in [-0.2, 0) is 0 Å². The lowest BCUT2D eigenvalue weighted by Gasteiger charge is -2.11. The summed E-state index contributed by atoms with van der Waals surface area (Å²) >= 11 is 0. The molecule has 0 aromatic heterocycles. The molecular formula is C17H18N2O3. The van der Waals surface area contributed by atoms with E-state index < -0.39 is 5.91 Å². The van der Waals surface area contributed by atoms with Crippen LogP contribution in [0.25, 0.3) is 0 Å². The van der Waals surface area contributed by atoms with Crippen LogP contribution in [0.4, 0.5) is 11.4 Å². The lowest BCUT2D eigenvalue weighted by atomic mass is 10.1. The molecule has 5 nitrogen and oxygen atoms in total. The molecule has 0 saturated carbocycles. The van der Waals surface area contributed by atoms with Crippen molar-refractivity contribution in [3.05, 3.63) is 53.1 Å². The van der Waals surface area contributed by atoms with Crippen molar-refractivity contribution in [3.8, 4) is 5.75 Å². The van der Waals surface area contributed by atoms with E-state index in [4.69, 9.17) is 0 Å². The molecule has 1 amide bonds. The van der Waals surface area contributed by atoms with Crippen LogP contribution in [-0.4, -0.2) is 23.8 Å². The van der Waals surface area contributed by atoms with Crippen LogP contribution in [0, 0.1) is 6.92 Å². The maximum Gasteiger partial charge on any atom is 0.259 e. The molecule has 0 aliphatic carbocycles. The highest BCUT2D eigenvalue weighted by molar-refractivity contribution is 6.07. The minimum atomic E-state index is -0.423. The highest BCUT2D eigenvalue weighted by Gasteiger charge is 2.14. The summed E-state index contributed by atoms with van der Waals surface area (Å²) in [5, 5.41) is 15.7. The van der Waals surface area contributed by atoms with Crippen molar-refractivity contribution in [1.82, 2.24) is 0 Å². The number of anilines is 2. The Morgan fingerprint density at radius 1 is 1.09 bits per heavy atom. The third-order valence-electron chi connectivity index (χ3n) is 3.41. The van der Waals surface area contributed by atoms with Crippen LogP contribution in [0.2, 0.25) is 0 Å². The van der Waals surface area contributed by atoms with E-state index in [0.717, 1.165) is 11.3 Å². The summed E-state index contributed by atoms with van der Waals surface area (Å²) in [6.07, 6.45) is 0. The van der Waals surface area contributed by atoms with Gasteiger partial charge in [0, 0.05) is 24.0 Å². The van der Waals surface area contributed by atoms with Gasteiger partial charge >= 0.3 is 0 Å². The van der Waals surface area contributed by atoms with E-state index in [1.165, 1.54) is 25.1 Å². The fourth-order valence-corrected chi connectivity index (χ4v) is 2.09. The Bertz CT molecular complexity index is 739. The molecule has 0 bridgehead atoms. The number of phenolic OH excluding ortho intramolecular Hbond substituents is 1. The summed E-state index contributed by atoms with van der Waals surface area (Å²) in [6, 6.07) is 9.82. The molecule has 0 aliphatic heterocycles. The number of phenols is 1. The van der Waals surface area contributed by atoms with Gasteiger partial charge in [-0.25, -0.2) is 0 Å². The lowest BCUT2D eigenvalue weighted by Crippen LogP contribution is -2.13. The van der Waals surface area contributed by atoms with Gasteiger partial charge in [-0.2, -0.15) is 0 Å². The number of nitrogens with one attached hydrogen (secondary N) is 2. The fraction of sp³-hybridized carbons (Fsp3) is 0.176. The quantitative estimate of drug-likeness (QED) is 0.757. The third-order valence-corrected chi connectivity index (χ3v) is 3.41. The molecule has 5 heteroatoms.